The van der Waals surface area contributed by atoms with Gasteiger partial charge in [-0.15, -0.1) is 0 Å². The van der Waals surface area contributed by atoms with Crippen molar-refractivity contribution in [3.05, 3.63) is 41.2 Å². The number of carbonyl (C=O) groups is 1. The number of halogens is 6. The molecule has 1 saturated carbocycles. The topological polar surface area (TPSA) is 89.4 Å². The van der Waals surface area contributed by atoms with Gasteiger partial charge in [0.05, 0.1) is 16.9 Å². The van der Waals surface area contributed by atoms with Gasteiger partial charge in [-0.05, 0) is 62.8 Å². The molecule has 44 heavy (non-hydrogen) atoms. The number of ether oxygens (including phenoxy) is 1. The summed E-state index contributed by atoms with van der Waals surface area (Å²) in [6, 6.07) is 4.10. The van der Waals surface area contributed by atoms with E-state index in [-0.39, 0.29) is 29.1 Å². The number of nitrogens with zero attached hydrogens (tertiary/aromatic N) is 1. The van der Waals surface area contributed by atoms with Gasteiger partial charge in [-0.2, -0.15) is 26.3 Å². The summed E-state index contributed by atoms with van der Waals surface area (Å²) in [5.74, 6) is -0.105. The van der Waals surface area contributed by atoms with Gasteiger partial charge in [0, 0.05) is 43.1 Å². The van der Waals surface area contributed by atoms with Crippen molar-refractivity contribution in [2.24, 2.45) is 13.0 Å². The molecule has 1 aromatic heterocycles. The van der Waals surface area contributed by atoms with Gasteiger partial charge in [0.1, 0.15) is 5.69 Å². The molecule has 2 fully saturated rings. The van der Waals surface area contributed by atoms with E-state index in [9.17, 15) is 39.6 Å². The fourth-order valence-electron chi connectivity index (χ4n) is 6.23. The average Bonchev–Trinajstić information content (AvgIpc) is 3.22. The summed E-state index contributed by atoms with van der Waals surface area (Å²) in [4.78, 5) is 12.2. The van der Waals surface area contributed by atoms with E-state index in [1.54, 1.807) is 16.3 Å². The summed E-state index contributed by atoms with van der Waals surface area (Å²) >= 11 is 0. The highest BCUT2D eigenvalue weighted by molar-refractivity contribution is 7.89. The molecular weight excluding hydrogens is 612 g/mol. The molecule has 2 aromatic rings. The Morgan fingerprint density at radius 1 is 0.977 bits per heavy atom. The van der Waals surface area contributed by atoms with E-state index >= 15 is 0 Å². The van der Waals surface area contributed by atoms with Gasteiger partial charge in [0.25, 0.3) is 5.91 Å². The van der Waals surface area contributed by atoms with Gasteiger partial charge >= 0.3 is 12.4 Å². The molecule has 14 heteroatoms. The lowest BCUT2D eigenvalue weighted by atomic mass is 9.85. The smallest absolute Gasteiger partial charge is 0.381 e. The van der Waals surface area contributed by atoms with Crippen molar-refractivity contribution < 1.29 is 44.3 Å². The first-order valence-electron chi connectivity index (χ1n) is 14.8. The Balaban J connectivity index is 1.76. The van der Waals surface area contributed by atoms with Crippen LogP contribution in [0, 0.1) is 5.92 Å². The SMILES string of the molecule is Cn1c(C(=O)NC2CCOCC2)cc(-c2ccc(S(=O)(=O)NC(C)(C)CC(F)(F)F)c(C(F)(F)F)c2)c1CC1CCCCC1. The number of rotatable bonds is 9. The Labute approximate surface area is 253 Å². The summed E-state index contributed by atoms with van der Waals surface area (Å²) in [5.41, 5.74) is -2.27. The largest absolute Gasteiger partial charge is 0.417 e. The van der Waals surface area contributed by atoms with Crippen LogP contribution < -0.4 is 10.0 Å². The Bertz CT molecular complexity index is 1440. The van der Waals surface area contributed by atoms with E-state index in [0.29, 0.717) is 49.8 Å². The number of hydrogen-bond acceptors (Lipinski definition) is 4. The van der Waals surface area contributed by atoms with Gasteiger partial charge < -0.3 is 14.6 Å². The third-order valence-electron chi connectivity index (χ3n) is 8.29. The van der Waals surface area contributed by atoms with Crippen LogP contribution in [0.4, 0.5) is 26.3 Å². The lowest BCUT2D eigenvalue weighted by Gasteiger charge is -2.28. The molecule has 0 bridgehead atoms. The monoisotopic (exact) mass is 651 g/mol. The second-order valence-corrected chi connectivity index (χ2v) is 14.2. The van der Waals surface area contributed by atoms with Crippen LogP contribution in [0.1, 0.15) is 87.0 Å². The predicted octanol–water partition coefficient (Wildman–Crippen LogP) is 6.75. The standard InChI is InChI=1S/C30H39F6N3O4S/c1-28(2,18-29(31,32)33)38-44(41,42)26-10-9-20(16-23(26)30(34,35)36)22-17-25(27(40)37-21-11-13-43-14-12-21)39(3)24(22)15-19-7-5-4-6-8-19/h9-10,16-17,19,21,38H,4-8,11-15,18H2,1-3H3,(H,37,40). The number of amides is 1. The number of aromatic nitrogens is 1. The maximum absolute atomic E-state index is 14.4. The molecule has 2 aliphatic rings. The fourth-order valence-corrected chi connectivity index (χ4v) is 7.85. The molecule has 1 saturated heterocycles. The summed E-state index contributed by atoms with van der Waals surface area (Å²) in [6.07, 6.45) is -4.63. The van der Waals surface area contributed by atoms with Crippen LogP contribution >= 0.6 is 0 Å². The number of benzene rings is 1. The number of carbonyl (C=O) groups excluding carboxylic acids is 1. The summed E-state index contributed by atoms with van der Waals surface area (Å²) in [7, 11) is -3.33. The van der Waals surface area contributed by atoms with Crippen molar-refractivity contribution in [2.45, 2.75) is 100 Å². The highest BCUT2D eigenvalue weighted by Crippen LogP contribution is 2.40. The maximum Gasteiger partial charge on any atom is 0.417 e. The molecule has 1 aromatic carbocycles. The number of nitrogens with one attached hydrogen (secondary N) is 2. The minimum Gasteiger partial charge on any atom is -0.381 e. The molecule has 2 heterocycles. The van der Waals surface area contributed by atoms with Gasteiger partial charge in [-0.1, -0.05) is 38.2 Å². The molecule has 4 rings (SSSR count). The summed E-state index contributed by atoms with van der Waals surface area (Å²) in [5, 5.41) is 2.99. The highest BCUT2D eigenvalue weighted by atomic mass is 32.2. The van der Waals surface area contributed by atoms with Crippen LogP contribution in [0.2, 0.25) is 0 Å². The van der Waals surface area contributed by atoms with E-state index in [1.165, 1.54) is 12.1 Å². The maximum atomic E-state index is 14.4. The third-order valence-corrected chi connectivity index (χ3v) is 10.0. The zero-order valence-corrected chi connectivity index (χ0v) is 25.8. The van der Waals surface area contributed by atoms with E-state index in [2.05, 4.69) is 5.32 Å². The molecule has 1 aliphatic carbocycles. The quantitative estimate of drug-likeness (QED) is 0.294. The van der Waals surface area contributed by atoms with Crippen molar-refractivity contribution in [2.75, 3.05) is 13.2 Å². The van der Waals surface area contributed by atoms with E-state index in [4.69, 9.17) is 4.74 Å². The van der Waals surface area contributed by atoms with Crippen LogP contribution in [0.5, 0.6) is 0 Å². The van der Waals surface area contributed by atoms with Crippen LogP contribution in [0.25, 0.3) is 11.1 Å². The van der Waals surface area contributed by atoms with Crippen LogP contribution in [-0.2, 0) is 34.4 Å². The first-order chi connectivity index (χ1) is 20.4. The van der Waals surface area contributed by atoms with E-state index < -0.39 is 44.8 Å². The molecule has 0 radical (unpaired) electrons. The molecule has 7 nitrogen and oxygen atoms in total. The Morgan fingerprint density at radius 2 is 1.61 bits per heavy atom. The second-order valence-electron chi connectivity index (χ2n) is 12.5. The van der Waals surface area contributed by atoms with Crippen molar-refractivity contribution in [3.63, 3.8) is 0 Å². The van der Waals surface area contributed by atoms with Crippen molar-refractivity contribution in [1.82, 2.24) is 14.6 Å². The Hall–Kier alpha value is -2.58. The van der Waals surface area contributed by atoms with Crippen molar-refractivity contribution >= 4 is 15.9 Å². The van der Waals surface area contributed by atoms with Crippen LogP contribution in [-0.4, -0.2) is 49.9 Å². The molecule has 1 amide bonds. The highest BCUT2D eigenvalue weighted by Gasteiger charge is 2.42. The van der Waals surface area contributed by atoms with Gasteiger partial charge in [-0.25, -0.2) is 13.1 Å². The van der Waals surface area contributed by atoms with E-state index in [0.717, 1.165) is 52.0 Å². The van der Waals surface area contributed by atoms with Crippen molar-refractivity contribution in [3.8, 4) is 11.1 Å². The first-order valence-corrected chi connectivity index (χ1v) is 16.2. The van der Waals surface area contributed by atoms with Crippen LogP contribution in [0.15, 0.2) is 29.2 Å². The number of hydrogen-bond donors (Lipinski definition) is 2. The Morgan fingerprint density at radius 3 is 2.20 bits per heavy atom. The lowest BCUT2D eigenvalue weighted by Crippen LogP contribution is -2.46. The molecule has 2 N–H and O–H groups in total. The minimum absolute atomic E-state index is 0.0531. The zero-order valence-electron chi connectivity index (χ0n) is 25.0. The normalized spacial score (nSPS) is 18.0. The molecular formula is C30H39F6N3O4S. The van der Waals surface area contributed by atoms with E-state index in [1.807, 2.05) is 0 Å². The lowest BCUT2D eigenvalue weighted by molar-refractivity contribution is -0.146. The molecule has 246 valence electrons. The fraction of sp³-hybridized carbons (Fsp3) is 0.633. The van der Waals surface area contributed by atoms with Gasteiger partial charge in [0.15, 0.2) is 0 Å². The van der Waals surface area contributed by atoms with Crippen LogP contribution in [0.3, 0.4) is 0 Å². The minimum atomic E-state index is -5.14. The van der Waals surface area contributed by atoms with Crippen molar-refractivity contribution in [1.29, 1.82) is 0 Å². The van der Waals surface area contributed by atoms with Gasteiger partial charge in [0.2, 0.25) is 10.0 Å². The summed E-state index contributed by atoms with van der Waals surface area (Å²) in [6.45, 7) is 2.92. The number of sulfonamides is 1. The summed E-state index contributed by atoms with van der Waals surface area (Å²) < 4.78 is 117. The second kappa shape index (κ2) is 13.0. The molecule has 0 unspecified atom stereocenters. The molecule has 1 aliphatic heterocycles. The first kappa shape index (κ1) is 34.3. The number of alkyl halides is 6. The zero-order chi connectivity index (χ0) is 32.5. The predicted molar refractivity (Wildman–Crippen MR) is 153 cm³/mol. The molecule has 0 spiro atoms. The third kappa shape index (κ3) is 8.57. The Kier molecular flexibility index (Phi) is 10.2. The molecule has 0 atom stereocenters. The average molecular weight is 652 g/mol. The van der Waals surface area contributed by atoms with Gasteiger partial charge in [-0.3, -0.25) is 4.79 Å².